The van der Waals surface area contributed by atoms with Gasteiger partial charge < -0.3 is 14.7 Å². The first-order valence-corrected chi connectivity index (χ1v) is 12.3. The van der Waals surface area contributed by atoms with Gasteiger partial charge in [0, 0.05) is 29.7 Å². The van der Waals surface area contributed by atoms with E-state index in [1.807, 2.05) is 11.0 Å². The standard InChI is InChI=1S/C25H22Cl2F3NO2S/c26-20-8-4-9-22(24(20)27)33-19-7-3-6-18(13-19)31(15-21(32)16-11-12-16)14-17-5-1-2-10-23(17)34-25(28,29)30/h1-10,13,16,21,32H,11-12,14-15H2. The summed E-state index contributed by atoms with van der Waals surface area (Å²) in [4.78, 5) is 2.02. The smallest absolute Gasteiger partial charge is 0.446 e. The third-order valence-corrected chi connectivity index (χ3v) is 7.11. The molecule has 0 spiro atoms. The van der Waals surface area contributed by atoms with Crippen LogP contribution in [0.5, 0.6) is 11.5 Å². The highest BCUT2D eigenvalue weighted by atomic mass is 35.5. The van der Waals surface area contributed by atoms with Crippen molar-refractivity contribution in [3.63, 3.8) is 0 Å². The normalized spacial score (nSPS) is 14.6. The number of hydrogen-bond donors (Lipinski definition) is 1. The quantitative estimate of drug-likeness (QED) is 0.284. The van der Waals surface area contributed by atoms with Crippen LogP contribution in [0, 0.1) is 5.92 Å². The molecule has 0 heterocycles. The highest BCUT2D eigenvalue weighted by molar-refractivity contribution is 8.00. The molecule has 3 aromatic rings. The highest BCUT2D eigenvalue weighted by Gasteiger charge is 2.33. The zero-order chi connectivity index (χ0) is 24.3. The predicted octanol–water partition coefficient (Wildman–Crippen LogP) is 8.18. The van der Waals surface area contributed by atoms with E-state index in [0.717, 1.165) is 12.8 Å². The van der Waals surface area contributed by atoms with E-state index in [1.165, 1.54) is 6.07 Å². The molecule has 1 saturated carbocycles. The van der Waals surface area contributed by atoms with Crippen molar-refractivity contribution in [3.05, 3.63) is 82.3 Å². The van der Waals surface area contributed by atoms with Crippen molar-refractivity contribution in [2.24, 2.45) is 5.92 Å². The molecule has 0 amide bonds. The molecule has 0 bridgehead atoms. The Kier molecular flexibility index (Phi) is 7.87. The van der Waals surface area contributed by atoms with E-state index in [-0.39, 0.29) is 40.7 Å². The first-order valence-electron chi connectivity index (χ1n) is 10.7. The molecule has 1 aliphatic carbocycles. The molecule has 0 saturated heterocycles. The molecule has 4 rings (SSSR count). The molecular formula is C25H22Cl2F3NO2S. The summed E-state index contributed by atoms with van der Waals surface area (Å²) in [6, 6.07) is 18.7. The Balaban J connectivity index is 1.62. The van der Waals surface area contributed by atoms with Crippen LogP contribution >= 0.6 is 35.0 Å². The van der Waals surface area contributed by atoms with E-state index in [1.54, 1.807) is 54.6 Å². The summed E-state index contributed by atoms with van der Waals surface area (Å²) in [7, 11) is 0. The first kappa shape index (κ1) is 25.0. The number of halogens is 5. The Morgan fingerprint density at radius 3 is 2.50 bits per heavy atom. The molecule has 3 nitrogen and oxygen atoms in total. The van der Waals surface area contributed by atoms with Gasteiger partial charge in [-0.1, -0.05) is 53.5 Å². The fraction of sp³-hybridized carbons (Fsp3) is 0.280. The Labute approximate surface area is 210 Å². The maximum absolute atomic E-state index is 13.1. The molecule has 1 atom stereocenters. The second-order valence-electron chi connectivity index (χ2n) is 8.09. The van der Waals surface area contributed by atoms with Crippen LogP contribution in [0.15, 0.2) is 71.6 Å². The lowest BCUT2D eigenvalue weighted by molar-refractivity contribution is -0.0328. The molecule has 1 fully saturated rings. The van der Waals surface area contributed by atoms with Crippen LogP contribution in [0.25, 0.3) is 0 Å². The zero-order valence-corrected chi connectivity index (χ0v) is 20.3. The summed E-state index contributed by atoms with van der Waals surface area (Å²) in [5.74, 6) is 1.10. The number of aliphatic hydroxyl groups excluding tert-OH is 1. The monoisotopic (exact) mass is 527 g/mol. The van der Waals surface area contributed by atoms with E-state index in [0.29, 0.717) is 27.8 Å². The van der Waals surface area contributed by atoms with Gasteiger partial charge in [0.25, 0.3) is 0 Å². The molecule has 180 valence electrons. The Hall–Kier alpha value is -2.06. The molecule has 1 aliphatic rings. The van der Waals surface area contributed by atoms with Crippen LogP contribution in [0.4, 0.5) is 18.9 Å². The maximum atomic E-state index is 13.1. The van der Waals surface area contributed by atoms with Crippen LogP contribution in [-0.2, 0) is 6.54 Å². The van der Waals surface area contributed by atoms with Crippen LogP contribution in [0.3, 0.4) is 0 Å². The summed E-state index contributed by atoms with van der Waals surface area (Å²) in [5.41, 5.74) is -3.16. The van der Waals surface area contributed by atoms with Gasteiger partial charge in [-0.25, -0.2) is 0 Å². The fourth-order valence-electron chi connectivity index (χ4n) is 3.61. The van der Waals surface area contributed by atoms with Crippen molar-refractivity contribution in [1.82, 2.24) is 0 Å². The molecule has 0 aliphatic heterocycles. The Bertz CT molecular complexity index is 1140. The Morgan fingerprint density at radius 2 is 1.76 bits per heavy atom. The van der Waals surface area contributed by atoms with Crippen molar-refractivity contribution in [3.8, 4) is 11.5 Å². The summed E-state index contributed by atoms with van der Waals surface area (Å²) >= 11 is 12.2. The van der Waals surface area contributed by atoms with Crippen molar-refractivity contribution in [1.29, 1.82) is 0 Å². The lowest BCUT2D eigenvalue weighted by Crippen LogP contribution is -2.33. The van der Waals surface area contributed by atoms with Gasteiger partial charge in [0.05, 0.1) is 11.1 Å². The van der Waals surface area contributed by atoms with Gasteiger partial charge in [0.15, 0.2) is 0 Å². The van der Waals surface area contributed by atoms with E-state index >= 15 is 0 Å². The van der Waals surface area contributed by atoms with Crippen molar-refractivity contribution in [2.75, 3.05) is 11.4 Å². The molecule has 3 aromatic carbocycles. The van der Waals surface area contributed by atoms with Gasteiger partial charge in [0.1, 0.15) is 16.5 Å². The number of anilines is 1. The minimum Gasteiger partial charge on any atom is -0.456 e. The van der Waals surface area contributed by atoms with Crippen molar-refractivity contribution >= 4 is 40.7 Å². The van der Waals surface area contributed by atoms with Gasteiger partial charge in [-0.05, 0) is 66.4 Å². The lowest BCUT2D eigenvalue weighted by atomic mass is 10.1. The molecular weight excluding hydrogens is 506 g/mol. The second-order valence-corrected chi connectivity index (χ2v) is 9.98. The van der Waals surface area contributed by atoms with Gasteiger partial charge >= 0.3 is 5.51 Å². The van der Waals surface area contributed by atoms with Crippen LogP contribution in [-0.4, -0.2) is 23.3 Å². The van der Waals surface area contributed by atoms with Gasteiger partial charge in [-0.2, -0.15) is 13.2 Å². The van der Waals surface area contributed by atoms with E-state index in [2.05, 4.69) is 0 Å². The number of rotatable bonds is 9. The van der Waals surface area contributed by atoms with E-state index < -0.39 is 11.6 Å². The number of hydrogen-bond acceptors (Lipinski definition) is 4. The third kappa shape index (κ3) is 6.75. The number of aliphatic hydroxyl groups is 1. The van der Waals surface area contributed by atoms with Crippen LogP contribution in [0.1, 0.15) is 18.4 Å². The second kappa shape index (κ2) is 10.7. The number of benzene rings is 3. The van der Waals surface area contributed by atoms with Gasteiger partial charge in [-0.3, -0.25) is 0 Å². The molecule has 0 aromatic heterocycles. The van der Waals surface area contributed by atoms with Gasteiger partial charge in [-0.15, -0.1) is 0 Å². The Morgan fingerprint density at radius 1 is 1.03 bits per heavy atom. The number of ether oxygens (including phenoxy) is 1. The van der Waals surface area contributed by atoms with Crippen LogP contribution < -0.4 is 9.64 Å². The fourth-order valence-corrected chi connectivity index (χ4v) is 4.61. The third-order valence-electron chi connectivity index (χ3n) is 5.46. The average Bonchev–Trinajstić information content (AvgIpc) is 3.63. The minimum absolute atomic E-state index is 0.131. The average molecular weight is 528 g/mol. The van der Waals surface area contributed by atoms with Gasteiger partial charge in [0.2, 0.25) is 0 Å². The molecule has 0 radical (unpaired) electrons. The minimum atomic E-state index is -4.39. The van der Waals surface area contributed by atoms with E-state index in [4.69, 9.17) is 27.9 Å². The topological polar surface area (TPSA) is 32.7 Å². The van der Waals surface area contributed by atoms with Crippen LogP contribution in [0.2, 0.25) is 10.0 Å². The number of alkyl halides is 3. The number of thioether (sulfide) groups is 1. The maximum Gasteiger partial charge on any atom is 0.446 e. The molecule has 1 unspecified atom stereocenters. The zero-order valence-electron chi connectivity index (χ0n) is 17.9. The predicted molar refractivity (Wildman–Crippen MR) is 131 cm³/mol. The molecule has 1 N–H and O–H groups in total. The van der Waals surface area contributed by atoms with Crippen molar-refractivity contribution in [2.45, 2.75) is 35.9 Å². The summed E-state index contributed by atoms with van der Waals surface area (Å²) in [5, 5.41) is 11.3. The lowest BCUT2D eigenvalue weighted by Gasteiger charge is -2.29. The van der Waals surface area contributed by atoms with E-state index in [9.17, 15) is 18.3 Å². The molecule has 34 heavy (non-hydrogen) atoms. The van der Waals surface area contributed by atoms with Crippen molar-refractivity contribution < 1.29 is 23.0 Å². The highest BCUT2D eigenvalue weighted by Crippen LogP contribution is 2.40. The summed E-state index contributed by atoms with van der Waals surface area (Å²) < 4.78 is 45.2. The largest absolute Gasteiger partial charge is 0.456 e. The summed E-state index contributed by atoms with van der Waals surface area (Å²) in [6.07, 6.45) is 1.33. The SMILES string of the molecule is OC(CN(Cc1ccccc1SC(F)(F)F)c1cccc(Oc2cccc(Cl)c2Cl)c1)C1CC1. The first-order chi connectivity index (χ1) is 16.2. The summed E-state index contributed by atoms with van der Waals surface area (Å²) in [6.45, 7) is 0.488. The molecule has 9 heteroatoms. The number of nitrogens with zero attached hydrogens (tertiary/aromatic N) is 1.